The normalized spacial score (nSPS) is 15.5. The van der Waals surface area contributed by atoms with Gasteiger partial charge in [-0.2, -0.15) is 0 Å². The van der Waals surface area contributed by atoms with E-state index >= 15 is 0 Å². The van der Waals surface area contributed by atoms with Crippen molar-refractivity contribution in [3.63, 3.8) is 0 Å². The molecule has 7 heteroatoms. The lowest BCUT2D eigenvalue weighted by atomic mass is 9.82. The second kappa shape index (κ2) is 6.99. The quantitative estimate of drug-likeness (QED) is 0.524. The molecular weight excluding hydrogens is 340 g/mol. The molecule has 0 radical (unpaired) electrons. The molecular formula is C19H24O7. The Morgan fingerprint density at radius 3 is 2.58 bits per heavy atom. The van der Waals surface area contributed by atoms with Crippen molar-refractivity contribution in [2.75, 3.05) is 7.11 Å². The predicted molar refractivity (Wildman–Crippen MR) is 93.4 cm³/mol. The molecule has 1 atom stereocenters. The van der Waals surface area contributed by atoms with E-state index in [2.05, 4.69) is 0 Å². The zero-order valence-corrected chi connectivity index (χ0v) is 15.5. The van der Waals surface area contributed by atoms with Crippen LogP contribution in [0.4, 0.5) is 0 Å². The van der Waals surface area contributed by atoms with Gasteiger partial charge in [0.2, 0.25) is 0 Å². The predicted octanol–water partition coefficient (Wildman–Crippen LogP) is 2.34. The van der Waals surface area contributed by atoms with E-state index in [0.717, 1.165) is 0 Å². The van der Waals surface area contributed by atoms with Crippen LogP contribution in [-0.4, -0.2) is 40.5 Å². The van der Waals surface area contributed by atoms with Crippen LogP contribution in [-0.2, 0) is 22.6 Å². The summed E-state index contributed by atoms with van der Waals surface area (Å²) < 4.78 is 10.4. The maximum Gasteiger partial charge on any atom is 0.342 e. The molecule has 1 aliphatic rings. The average Bonchev–Trinajstić information content (AvgIpc) is 2.97. The Labute approximate surface area is 151 Å². The van der Waals surface area contributed by atoms with Crippen LogP contribution in [0, 0.1) is 12.3 Å². The molecule has 26 heavy (non-hydrogen) atoms. The molecule has 0 saturated carbocycles. The first-order valence-corrected chi connectivity index (χ1v) is 8.20. The molecule has 1 aromatic carbocycles. The molecule has 1 aliphatic heterocycles. The number of phenolic OH excluding ortho intramolecular Hbond substituents is 1. The minimum absolute atomic E-state index is 0.0879. The van der Waals surface area contributed by atoms with E-state index in [1.165, 1.54) is 21.0 Å². The smallest absolute Gasteiger partial charge is 0.342 e. The molecule has 0 amide bonds. The number of aliphatic carboxylic acids is 1. The highest BCUT2D eigenvalue weighted by molar-refractivity contribution is 5.98. The van der Waals surface area contributed by atoms with Crippen LogP contribution >= 0.6 is 0 Å². The van der Waals surface area contributed by atoms with Crippen LogP contribution in [0.2, 0.25) is 0 Å². The summed E-state index contributed by atoms with van der Waals surface area (Å²) in [5, 5.41) is 30.1. The first kappa shape index (κ1) is 19.8. The van der Waals surface area contributed by atoms with Crippen LogP contribution in [0.1, 0.15) is 47.8 Å². The summed E-state index contributed by atoms with van der Waals surface area (Å²) in [6, 6.07) is 0. The third kappa shape index (κ3) is 3.14. The number of phenols is 1. The average molecular weight is 364 g/mol. The Morgan fingerprint density at radius 2 is 2.04 bits per heavy atom. The highest BCUT2D eigenvalue weighted by Crippen LogP contribution is 2.42. The second-order valence-electron chi connectivity index (χ2n) is 7.00. The zero-order valence-electron chi connectivity index (χ0n) is 15.5. The van der Waals surface area contributed by atoms with Gasteiger partial charge in [0.1, 0.15) is 23.7 Å². The van der Waals surface area contributed by atoms with Crippen LogP contribution in [0.5, 0.6) is 11.5 Å². The van der Waals surface area contributed by atoms with Crippen LogP contribution in [0.25, 0.3) is 0 Å². The van der Waals surface area contributed by atoms with E-state index < -0.39 is 23.5 Å². The van der Waals surface area contributed by atoms with Crippen LogP contribution < -0.4 is 4.74 Å². The number of aromatic hydroxyl groups is 1. The maximum absolute atomic E-state index is 11.9. The molecule has 0 spiro atoms. The molecule has 0 aromatic heterocycles. The first-order valence-electron chi connectivity index (χ1n) is 8.20. The third-order valence-corrected chi connectivity index (χ3v) is 4.94. The van der Waals surface area contributed by atoms with Crippen molar-refractivity contribution >= 4 is 11.9 Å². The van der Waals surface area contributed by atoms with Gasteiger partial charge < -0.3 is 24.8 Å². The van der Waals surface area contributed by atoms with E-state index in [-0.39, 0.29) is 24.3 Å². The summed E-state index contributed by atoms with van der Waals surface area (Å²) in [7, 11) is 1.47. The number of carbonyl (C=O) groups excluding carboxylic acids is 1. The summed E-state index contributed by atoms with van der Waals surface area (Å²) in [6.45, 7) is 6.36. The topological polar surface area (TPSA) is 113 Å². The van der Waals surface area contributed by atoms with E-state index in [0.29, 0.717) is 28.0 Å². The number of cyclic esters (lactones) is 1. The number of aliphatic hydroxyl groups is 1. The van der Waals surface area contributed by atoms with Crippen molar-refractivity contribution in [1.82, 2.24) is 0 Å². The van der Waals surface area contributed by atoms with Gasteiger partial charge in [0.25, 0.3) is 0 Å². The minimum atomic E-state index is -1.36. The number of hydrogen-bond donors (Lipinski definition) is 3. The molecule has 1 aromatic rings. The van der Waals surface area contributed by atoms with Crippen molar-refractivity contribution in [3.8, 4) is 11.5 Å². The van der Waals surface area contributed by atoms with Gasteiger partial charge in [-0.3, -0.25) is 4.79 Å². The van der Waals surface area contributed by atoms with Gasteiger partial charge in [-0.15, -0.1) is 0 Å². The number of benzene rings is 1. The lowest BCUT2D eigenvalue weighted by Crippen LogP contribution is -2.37. The van der Waals surface area contributed by atoms with Gasteiger partial charge in [-0.25, -0.2) is 4.79 Å². The molecule has 1 heterocycles. The van der Waals surface area contributed by atoms with E-state index in [9.17, 15) is 24.9 Å². The zero-order chi connectivity index (χ0) is 19.8. The summed E-state index contributed by atoms with van der Waals surface area (Å²) >= 11 is 0. The lowest BCUT2D eigenvalue weighted by Gasteiger charge is -2.26. The number of methoxy groups -OCH3 is 1. The van der Waals surface area contributed by atoms with Gasteiger partial charge in [0, 0.05) is 11.1 Å². The number of aliphatic hydroxyl groups excluding tert-OH is 1. The highest BCUT2D eigenvalue weighted by Gasteiger charge is 2.37. The van der Waals surface area contributed by atoms with Gasteiger partial charge in [-0.05, 0) is 45.3 Å². The fraction of sp³-hybridized carbons (Fsp3) is 0.474. The molecule has 7 nitrogen and oxygen atoms in total. The number of ether oxygens (including phenoxy) is 2. The van der Waals surface area contributed by atoms with Crippen molar-refractivity contribution in [3.05, 3.63) is 33.9 Å². The van der Waals surface area contributed by atoms with Crippen LogP contribution in [0.15, 0.2) is 11.6 Å². The number of carbonyl (C=O) groups is 2. The fourth-order valence-electron chi connectivity index (χ4n) is 3.09. The Bertz CT molecular complexity index is 790. The fourth-order valence-corrected chi connectivity index (χ4v) is 3.09. The number of hydrogen-bond acceptors (Lipinski definition) is 6. The molecule has 0 aliphatic carbocycles. The van der Waals surface area contributed by atoms with Gasteiger partial charge in [-0.1, -0.05) is 6.08 Å². The molecule has 1 unspecified atom stereocenters. The highest BCUT2D eigenvalue weighted by atomic mass is 16.5. The van der Waals surface area contributed by atoms with Gasteiger partial charge in [0.05, 0.1) is 18.6 Å². The Balaban J connectivity index is 2.44. The largest absolute Gasteiger partial charge is 0.507 e. The Kier molecular flexibility index (Phi) is 5.32. The molecule has 0 bridgehead atoms. The number of carboxylic acid groups (broad SMARTS) is 1. The van der Waals surface area contributed by atoms with Crippen molar-refractivity contribution < 1.29 is 34.4 Å². The molecule has 2 rings (SSSR count). The van der Waals surface area contributed by atoms with E-state index in [1.54, 1.807) is 19.9 Å². The van der Waals surface area contributed by atoms with E-state index in [1.807, 2.05) is 0 Å². The van der Waals surface area contributed by atoms with Crippen LogP contribution in [0.3, 0.4) is 0 Å². The monoisotopic (exact) mass is 364 g/mol. The molecule has 3 N–H and O–H groups in total. The minimum Gasteiger partial charge on any atom is -0.507 e. The molecule has 0 fully saturated rings. The number of allylic oxidation sites excluding steroid dienone is 1. The number of esters is 1. The number of rotatable bonds is 6. The molecule has 0 saturated heterocycles. The summed E-state index contributed by atoms with van der Waals surface area (Å²) in [6.07, 6.45) is 0.585. The summed E-state index contributed by atoms with van der Waals surface area (Å²) in [5.41, 5.74) is 0.918. The number of fused-ring (bicyclic) bond motifs is 1. The second-order valence-corrected chi connectivity index (χ2v) is 7.00. The first-order chi connectivity index (χ1) is 12.0. The Hall–Kier alpha value is -2.54. The standard InChI is InChI=1S/C19H24O7/c1-9(16(21)19(3,4)18(23)24)6-7-11-14(20)13-12(8-26-17(13)22)10(2)15(11)25-5/h6,16,20-21H,7-8H2,1-5H3,(H,23,24)/b9-6+. The van der Waals surface area contributed by atoms with Gasteiger partial charge in [0.15, 0.2) is 0 Å². The summed E-state index contributed by atoms with van der Waals surface area (Å²) in [5.74, 6) is -1.47. The summed E-state index contributed by atoms with van der Waals surface area (Å²) in [4.78, 5) is 23.2. The maximum atomic E-state index is 11.9. The van der Waals surface area contributed by atoms with Crippen molar-refractivity contribution in [1.29, 1.82) is 0 Å². The molecule has 142 valence electrons. The lowest BCUT2D eigenvalue weighted by molar-refractivity contribution is -0.151. The van der Waals surface area contributed by atoms with Gasteiger partial charge >= 0.3 is 11.9 Å². The van der Waals surface area contributed by atoms with Crippen molar-refractivity contribution in [2.24, 2.45) is 5.41 Å². The van der Waals surface area contributed by atoms with Crippen molar-refractivity contribution in [2.45, 2.75) is 46.8 Å². The van der Waals surface area contributed by atoms with E-state index in [4.69, 9.17) is 9.47 Å². The Morgan fingerprint density at radius 1 is 1.42 bits per heavy atom. The number of carboxylic acids is 1. The SMILES string of the molecule is COc1c(C)c2c(c(O)c1C/C=C(\C)C(O)C(C)(C)C(=O)O)C(=O)OC2. The third-order valence-electron chi connectivity index (χ3n) is 4.94.